The molecule has 0 radical (unpaired) electrons. The summed E-state index contributed by atoms with van der Waals surface area (Å²) in [5, 5.41) is 11.6. The van der Waals surface area contributed by atoms with Crippen molar-refractivity contribution in [2.75, 3.05) is 33.4 Å². The highest BCUT2D eigenvalue weighted by Crippen LogP contribution is 2.31. The first kappa shape index (κ1) is 25.4. The smallest absolute Gasteiger partial charge is 0.161 e. The second-order valence-electron chi connectivity index (χ2n) is 9.22. The van der Waals surface area contributed by atoms with Crippen LogP contribution in [0.1, 0.15) is 29.8 Å². The Hall–Kier alpha value is -2.74. The van der Waals surface area contributed by atoms with Crippen molar-refractivity contribution in [3.8, 4) is 17.2 Å². The fraction of sp³-hybridized carbons (Fsp3) is 0.444. The molecule has 0 saturated carbocycles. The molecule has 0 bridgehead atoms. The zero-order valence-corrected chi connectivity index (χ0v) is 21.4. The van der Waals surface area contributed by atoms with Gasteiger partial charge in [0, 0.05) is 32.0 Å². The van der Waals surface area contributed by atoms with Gasteiger partial charge in [0.25, 0.3) is 0 Å². The molecular formula is C27H34ClN3O4. The number of aromatic nitrogens is 2. The van der Waals surface area contributed by atoms with Crippen LogP contribution in [0.25, 0.3) is 0 Å². The van der Waals surface area contributed by atoms with Crippen LogP contribution in [0.4, 0.5) is 0 Å². The molecule has 0 spiro atoms. The lowest BCUT2D eigenvalue weighted by molar-refractivity contribution is -0.0537. The number of piperidine rings is 1. The van der Waals surface area contributed by atoms with E-state index >= 15 is 0 Å². The molecule has 0 atom stereocenters. The fourth-order valence-corrected chi connectivity index (χ4v) is 4.46. The Kier molecular flexibility index (Phi) is 8.21. The Bertz CT molecular complexity index is 1130. The summed E-state index contributed by atoms with van der Waals surface area (Å²) in [6.07, 6.45) is 5.02. The number of ether oxygens (including phenoxy) is 3. The number of hydrogen-bond acceptors (Lipinski definition) is 6. The number of hydrogen-bond donors (Lipinski definition) is 1. The number of benzene rings is 2. The molecule has 0 unspecified atom stereocenters. The topological polar surface area (TPSA) is 69.0 Å². The maximum atomic E-state index is 11.0. The highest BCUT2D eigenvalue weighted by atomic mass is 35.5. The molecule has 0 aliphatic carbocycles. The van der Waals surface area contributed by atoms with Gasteiger partial charge in [0.15, 0.2) is 11.5 Å². The van der Waals surface area contributed by atoms with E-state index in [0.29, 0.717) is 30.2 Å². The van der Waals surface area contributed by atoms with Gasteiger partial charge in [-0.05, 0) is 62.1 Å². The van der Waals surface area contributed by atoms with E-state index < -0.39 is 5.60 Å². The van der Waals surface area contributed by atoms with Crippen LogP contribution >= 0.6 is 11.6 Å². The van der Waals surface area contributed by atoms with Gasteiger partial charge in [0.1, 0.15) is 30.4 Å². The number of rotatable bonds is 10. The summed E-state index contributed by atoms with van der Waals surface area (Å²) in [6.45, 7) is 7.80. The summed E-state index contributed by atoms with van der Waals surface area (Å²) < 4.78 is 19.5. The molecule has 3 aromatic rings. The quantitative estimate of drug-likeness (QED) is 0.438. The first-order chi connectivity index (χ1) is 16.8. The van der Waals surface area contributed by atoms with Gasteiger partial charge in [-0.2, -0.15) is 0 Å². The summed E-state index contributed by atoms with van der Waals surface area (Å²) in [5.74, 6) is 3.04. The highest BCUT2D eigenvalue weighted by Gasteiger charge is 2.33. The summed E-state index contributed by atoms with van der Waals surface area (Å²) in [6, 6.07) is 11.7. The van der Waals surface area contributed by atoms with Gasteiger partial charge in [0.05, 0.1) is 18.7 Å². The highest BCUT2D eigenvalue weighted by molar-refractivity contribution is 6.32. The van der Waals surface area contributed by atoms with E-state index in [1.165, 1.54) is 0 Å². The Morgan fingerprint density at radius 1 is 1.03 bits per heavy atom. The number of halogens is 1. The number of methoxy groups -OCH3 is 1. The predicted molar refractivity (Wildman–Crippen MR) is 137 cm³/mol. The third-order valence-corrected chi connectivity index (χ3v) is 6.83. The van der Waals surface area contributed by atoms with Crippen LogP contribution in [-0.4, -0.2) is 58.6 Å². The average molecular weight is 500 g/mol. The minimum Gasteiger partial charge on any atom is -0.493 e. The van der Waals surface area contributed by atoms with E-state index in [-0.39, 0.29) is 6.61 Å². The largest absolute Gasteiger partial charge is 0.493 e. The van der Waals surface area contributed by atoms with Crippen molar-refractivity contribution in [2.45, 2.75) is 45.4 Å². The standard InChI is InChI=1S/C27H34ClN3O4/c1-20-4-6-23(28)25(16-20)35-19-27(32)8-11-30(12-9-27)18-22-5-7-24(33-3)26(17-22)34-15-14-31-13-10-29-21(31)2/h4-7,10,13,16-17,32H,8-9,11-12,14-15,18-19H2,1-3H3. The summed E-state index contributed by atoms with van der Waals surface area (Å²) in [7, 11) is 1.65. The Morgan fingerprint density at radius 2 is 1.83 bits per heavy atom. The minimum atomic E-state index is -0.858. The maximum absolute atomic E-state index is 11.0. The third kappa shape index (κ3) is 6.69. The molecule has 35 heavy (non-hydrogen) atoms. The van der Waals surface area contributed by atoms with Gasteiger partial charge >= 0.3 is 0 Å². The average Bonchev–Trinajstić information content (AvgIpc) is 3.26. The summed E-state index contributed by atoms with van der Waals surface area (Å²) in [5.41, 5.74) is 1.36. The number of likely N-dealkylation sites (tertiary alicyclic amines) is 1. The van der Waals surface area contributed by atoms with Crippen LogP contribution in [-0.2, 0) is 13.1 Å². The molecule has 1 saturated heterocycles. The van der Waals surface area contributed by atoms with Crippen LogP contribution in [0.5, 0.6) is 17.2 Å². The first-order valence-corrected chi connectivity index (χ1v) is 12.3. The van der Waals surface area contributed by atoms with E-state index in [2.05, 4.69) is 20.5 Å². The van der Waals surface area contributed by atoms with Crippen LogP contribution in [0, 0.1) is 13.8 Å². The van der Waals surface area contributed by atoms with E-state index in [9.17, 15) is 5.11 Å². The monoisotopic (exact) mass is 499 g/mol. The number of imidazole rings is 1. The van der Waals surface area contributed by atoms with Gasteiger partial charge in [-0.25, -0.2) is 4.98 Å². The third-order valence-electron chi connectivity index (χ3n) is 6.52. The Labute approximate surface area is 212 Å². The zero-order valence-electron chi connectivity index (χ0n) is 20.7. The predicted octanol–water partition coefficient (Wildman–Crippen LogP) is 4.65. The molecule has 1 aromatic heterocycles. The van der Waals surface area contributed by atoms with Crippen molar-refractivity contribution >= 4 is 11.6 Å². The van der Waals surface area contributed by atoms with Crippen molar-refractivity contribution in [3.63, 3.8) is 0 Å². The van der Waals surface area contributed by atoms with Crippen molar-refractivity contribution in [1.82, 2.24) is 14.5 Å². The SMILES string of the molecule is COc1ccc(CN2CCC(O)(COc3cc(C)ccc3Cl)CC2)cc1OCCn1ccnc1C. The number of aliphatic hydroxyl groups is 1. The molecule has 1 fully saturated rings. The Balaban J connectivity index is 1.29. The van der Waals surface area contributed by atoms with Gasteiger partial charge < -0.3 is 23.9 Å². The molecule has 188 valence electrons. The first-order valence-electron chi connectivity index (χ1n) is 12.0. The fourth-order valence-electron chi connectivity index (χ4n) is 4.29. The van der Waals surface area contributed by atoms with Gasteiger partial charge in [0.2, 0.25) is 0 Å². The lowest BCUT2D eigenvalue weighted by atomic mass is 9.92. The van der Waals surface area contributed by atoms with Gasteiger partial charge in [-0.3, -0.25) is 4.90 Å². The lowest BCUT2D eigenvalue weighted by Gasteiger charge is -2.38. The Morgan fingerprint density at radius 3 is 2.54 bits per heavy atom. The summed E-state index contributed by atoms with van der Waals surface area (Å²) in [4.78, 5) is 6.59. The minimum absolute atomic E-state index is 0.237. The van der Waals surface area contributed by atoms with Crippen LogP contribution in [0.3, 0.4) is 0 Å². The molecular weight excluding hydrogens is 466 g/mol. The second kappa shape index (κ2) is 11.3. The van der Waals surface area contributed by atoms with Crippen molar-refractivity contribution in [1.29, 1.82) is 0 Å². The molecule has 1 N–H and O–H groups in total. The van der Waals surface area contributed by atoms with E-state index in [1.807, 2.05) is 50.4 Å². The van der Waals surface area contributed by atoms with E-state index in [1.54, 1.807) is 13.3 Å². The summed E-state index contributed by atoms with van der Waals surface area (Å²) >= 11 is 6.23. The molecule has 4 rings (SSSR count). The lowest BCUT2D eigenvalue weighted by Crippen LogP contribution is -2.47. The molecule has 1 aliphatic heterocycles. The second-order valence-corrected chi connectivity index (χ2v) is 9.63. The molecule has 1 aliphatic rings. The normalized spacial score (nSPS) is 15.7. The van der Waals surface area contributed by atoms with Crippen molar-refractivity contribution < 1.29 is 19.3 Å². The van der Waals surface area contributed by atoms with Gasteiger partial charge in [-0.15, -0.1) is 0 Å². The van der Waals surface area contributed by atoms with Crippen molar-refractivity contribution in [2.24, 2.45) is 0 Å². The maximum Gasteiger partial charge on any atom is 0.161 e. The van der Waals surface area contributed by atoms with Crippen molar-refractivity contribution in [3.05, 3.63) is 70.8 Å². The van der Waals surface area contributed by atoms with Crippen LogP contribution < -0.4 is 14.2 Å². The number of aryl methyl sites for hydroxylation is 2. The molecule has 2 aromatic carbocycles. The van der Waals surface area contributed by atoms with E-state index in [0.717, 1.165) is 54.6 Å². The van der Waals surface area contributed by atoms with E-state index in [4.69, 9.17) is 25.8 Å². The molecule has 0 amide bonds. The van der Waals surface area contributed by atoms with Crippen LogP contribution in [0.2, 0.25) is 5.02 Å². The van der Waals surface area contributed by atoms with Crippen LogP contribution in [0.15, 0.2) is 48.8 Å². The molecule has 7 nitrogen and oxygen atoms in total. The molecule has 8 heteroatoms. The molecule has 2 heterocycles. The number of nitrogens with zero attached hydrogens (tertiary/aromatic N) is 3. The zero-order chi connectivity index (χ0) is 24.8. The van der Waals surface area contributed by atoms with Gasteiger partial charge in [-0.1, -0.05) is 23.7 Å².